The molecule has 3 aromatic rings. The maximum absolute atomic E-state index is 12.6. The molecule has 0 saturated heterocycles. The maximum Gasteiger partial charge on any atom is 0.416 e. The van der Waals surface area contributed by atoms with Gasteiger partial charge >= 0.3 is 6.18 Å². The summed E-state index contributed by atoms with van der Waals surface area (Å²) in [5, 5.41) is 5.90. The summed E-state index contributed by atoms with van der Waals surface area (Å²) in [6, 6.07) is 6.22. The highest BCUT2D eigenvalue weighted by Gasteiger charge is 2.30. The molecule has 0 aliphatic rings. The first-order chi connectivity index (χ1) is 10.9. The number of hydrogen-bond donors (Lipinski definition) is 0. The van der Waals surface area contributed by atoms with Gasteiger partial charge in [-0.05, 0) is 36.7 Å². The van der Waals surface area contributed by atoms with E-state index in [1.807, 2.05) is 0 Å². The van der Waals surface area contributed by atoms with Crippen LogP contribution in [0.15, 0.2) is 46.7 Å². The van der Waals surface area contributed by atoms with Gasteiger partial charge in [0.05, 0.1) is 23.1 Å². The summed E-state index contributed by atoms with van der Waals surface area (Å²) in [5.41, 5.74) is 0.868. The van der Waals surface area contributed by atoms with E-state index >= 15 is 0 Å². The molecule has 23 heavy (non-hydrogen) atoms. The normalized spacial score (nSPS) is 11.7. The predicted molar refractivity (Wildman–Crippen MR) is 80.7 cm³/mol. The van der Waals surface area contributed by atoms with E-state index in [4.69, 9.17) is 0 Å². The van der Waals surface area contributed by atoms with Crippen LogP contribution in [0.25, 0.3) is 16.9 Å². The third-order valence-corrected chi connectivity index (χ3v) is 3.84. The van der Waals surface area contributed by atoms with Gasteiger partial charge in [-0.3, -0.25) is 4.79 Å². The number of benzene rings is 1. The fraction of sp³-hybridized carbons (Fsp3) is 0.133. The lowest BCUT2D eigenvalue weighted by atomic mass is 10.1. The molecule has 0 bridgehead atoms. The first kappa shape index (κ1) is 15.4. The van der Waals surface area contributed by atoms with Gasteiger partial charge in [0.2, 0.25) is 0 Å². The summed E-state index contributed by atoms with van der Waals surface area (Å²) < 4.78 is 43.0. The minimum Gasteiger partial charge on any atom is -0.267 e. The first-order valence-corrected chi connectivity index (χ1v) is 7.38. The van der Waals surface area contributed by atoms with Crippen LogP contribution in [-0.4, -0.2) is 14.2 Å². The molecule has 0 aliphatic heterocycles. The minimum atomic E-state index is -4.39. The van der Waals surface area contributed by atoms with E-state index in [1.165, 1.54) is 34.5 Å². The van der Waals surface area contributed by atoms with E-state index in [2.05, 4.69) is 9.47 Å². The molecule has 0 unspecified atom stereocenters. The van der Waals surface area contributed by atoms with E-state index in [0.29, 0.717) is 22.5 Å². The number of hydrogen-bond acceptors (Lipinski definition) is 4. The van der Waals surface area contributed by atoms with Crippen molar-refractivity contribution in [2.24, 2.45) is 0 Å². The Hall–Kier alpha value is -2.48. The SMILES string of the molecule is Cc1cc(-c2ccc(C(F)(F)F)cc2)nn(-c2cnsc2)c1=O. The van der Waals surface area contributed by atoms with Crippen LogP contribution >= 0.6 is 11.5 Å². The third kappa shape index (κ3) is 3.02. The molecule has 0 aliphatic carbocycles. The van der Waals surface area contributed by atoms with Crippen LogP contribution in [0, 0.1) is 6.92 Å². The number of halogens is 3. The molecule has 118 valence electrons. The summed E-state index contributed by atoms with van der Waals surface area (Å²) in [4.78, 5) is 12.2. The highest BCUT2D eigenvalue weighted by Crippen LogP contribution is 2.30. The number of aryl methyl sites for hydroxylation is 1. The van der Waals surface area contributed by atoms with Crippen LogP contribution < -0.4 is 5.56 Å². The Kier molecular flexibility index (Phi) is 3.77. The van der Waals surface area contributed by atoms with E-state index < -0.39 is 11.7 Å². The van der Waals surface area contributed by atoms with Gasteiger partial charge in [0.1, 0.15) is 0 Å². The highest BCUT2D eigenvalue weighted by atomic mass is 32.1. The lowest BCUT2D eigenvalue weighted by Gasteiger charge is -2.09. The average molecular weight is 337 g/mol. The summed E-state index contributed by atoms with van der Waals surface area (Å²) in [5.74, 6) is 0. The van der Waals surface area contributed by atoms with Crippen molar-refractivity contribution in [3.8, 4) is 16.9 Å². The Morgan fingerprint density at radius 3 is 2.43 bits per heavy atom. The van der Waals surface area contributed by atoms with Crippen LogP contribution in [0.3, 0.4) is 0 Å². The highest BCUT2D eigenvalue weighted by molar-refractivity contribution is 7.03. The van der Waals surface area contributed by atoms with Gasteiger partial charge in [-0.25, -0.2) is 0 Å². The second kappa shape index (κ2) is 5.62. The Balaban J connectivity index is 2.09. The fourth-order valence-electron chi connectivity index (χ4n) is 2.07. The van der Waals surface area contributed by atoms with Gasteiger partial charge < -0.3 is 0 Å². The monoisotopic (exact) mass is 337 g/mol. The quantitative estimate of drug-likeness (QED) is 0.717. The Bertz CT molecular complexity index is 884. The fourth-order valence-corrected chi connectivity index (χ4v) is 2.56. The number of aromatic nitrogens is 3. The molecule has 1 aromatic carbocycles. The minimum absolute atomic E-state index is 0.291. The zero-order valence-electron chi connectivity index (χ0n) is 11.8. The number of rotatable bonds is 2. The molecule has 0 amide bonds. The van der Waals surface area contributed by atoms with Gasteiger partial charge in [-0.1, -0.05) is 12.1 Å². The van der Waals surface area contributed by atoms with Crippen LogP contribution in [-0.2, 0) is 6.18 Å². The molecule has 2 heterocycles. The molecule has 0 fully saturated rings. The number of nitrogens with zero attached hydrogens (tertiary/aromatic N) is 3. The molecule has 2 aromatic heterocycles. The second-order valence-corrected chi connectivity index (χ2v) is 5.54. The molecule has 8 heteroatoms. The summed E-state index contributed by atoms with van der Waals surface area (Å²) in [7, 11) is 0. The molecule has 3 rings (SSSR count). The van der Waals surface area contributed by atoms with E-state index in [0.717, 1.165) is 12.1 Å². The van der Waals surface area contributed by atoms with Crippen molar-refractivity contribution in [1.82, 2.24) is 14.2 Å². The van der Waals surface area contributed by atoms with Gasteiger partial charge in [0.15, 0.2) is 0 Å². The van der Waals surface area contributed by atoms with E-state index in [9.17, 15) is 18.0 Å². The van der Waals surface area contributed by atoms with Crippen molar-refractivity contribution in [2.75, 3.05) is 0 Å². The third-order valence-electron chi connectivity index (χ3n) is 3.26. The van der Waals surface area contributed by atoms with E-state index in [-0.39, 0.29) is 5.56 Å². The molecule has 4 nitrogen and oxygen atoms in total. The smallest absolute Gasteiger partial charge is 0.267 e. The lowest BCUT2D eigenvalue weighted by Crippen LogP contribution is -2.23. The van der Waals surface area contributed by atoms with Gasteiger partial charge in [0.25, 0.3) is 5.56 Å². The molecule has 0 radical (unpaired) electrons. The van der Waals surface area contributed by atoms with Gasteiger partial charge in [-0.2, -0.15) is 27.3 Å². The van der Waals surface area contributed by atoms with Crippen molar-refractivity contribution in [3.05, 3.63) is 63.4 Å². The number of alkyl halides is 3. The molecular formula is C15H10F3N3OS. The molecule has 0 N–H and O–H groups in total. The van der Waals surface area contributed by atoms with Crippen LogP contribution in [0.2, 0.25) is 0 Å². The van der Waals surface area contributed by atoms with Crippen molar-refractivity contribution in [1.29, 1.82) is 0 Å². The van der Waals surface area contributed by atoms with Crippen molar-refractivity contribution in [3.63, 3.8) is 0 Å². The molecule has 0 saturated carbocycles. The van der Waals surface area contributed by atoms with Crippen LogP contribution in [0.4, 0.5) is 13.2 Å². The van der Waals surface area contributed by atoms with Crippen molar-refractivity contribution >= 4 is 11.5 Å². The zero-order valence-corrected chi connectivity index (χ0v) is 12.6. The molecule has 0 spiro atoms. The van der Waals surface area contributed by atoms with Crippen molar-refractivity contribution < 1.29 is 13.2 Å². The van der Waals surface area contributed by atoms with Gasteiger partial charge in [-0.15, -0.1) is 0 Å². The Morgan fingerprint density at radius 1 is 1.17 bits per heavy atom. The van der Waals surface area contributed by atoms with Gasteiger partial charge in [0, 0.05) is 16.5 Å². The summed E-state index contributed by atoms with van der Waals surface area (Å²) >= 11 is 1.18. The van der Waals surface area contributed by atoms with Crippen molar-refractivity contribution in [2.45, 2.75) is 13.1 Å². The average Bonchev–Trinajstić information content (AvgIpc) is 3.03. The standard InChI is InChI=1S/C15H10F3N3OS/c1-9-6-13(10-2-4-11(5-3-10)15(16,17)18)20-21(14(9)22)12-7-19-23-8-12/h2-8H,1H3. The van der Waals surface area contributed by atoms with Crippen LogP contribution in [0.1, 0.15) is 11.1 Å². The molecular weight excluding hydrogens is 327 g/mol. The van der Waals surface area contributed by atoms with Crippen LogP contribution in [0.5, 0.6) is 0 Å². The maximum atomic E-state index is 12.6. The zero-order chi connectivity index (χ0) is 16.6. The summed E-state index contributed by atoms with van der Waals surface area (Å²) in [6.45, 7) is 1.63. The summed E-state index contributed by atoms with van der Waals surface area (Å²) in [6.07, 6.45) is -2.88. The lowest BCUT2D eigenvalue weighted by molar-refractivity contribution is -0.137. The Labute approximate surface area is 133 Å². The predicted octanol–water partition coefficient (Wildman–Crippen LogP) is 3.68. The Morgan fingerprint density at radius 2 is 1.87 bits per heavy atom. The first-order valence-electron chi connectivity index (χ1n) is 6.54. The largest absolute Gasteiger partial charge is 0.416 e. The second-order valence-electron chi connectivity index (χ2n) is 4.89. The topological polar surface area (TPSA) is 47.8 Å². The molecule has 0 atom stereocenters. The van der Waals surface area contributed by atoms with E-state index in [1.54, 1.807) is 18.4 Å².